The van der Waals surface area contributed by atoms with Crippen molar-refractivity contribution in [2.75, 3.05) is 19.6 Å². The van der Waals surface area contributed by atoms with Gasteiger partial charge in [-0.15, -0.1) is 0 Å². The van der Waals surface area contributed by atoms with E-state index in [1.807, 2.05) is 20.8 Å². The van der Waals surface area contributed by atoms with Gasteiger partial charge in [-0.05, 0) is 53.5 Å². The quantitative estimate of drug-likeness (QED) is 0.818. The van der Waals surface area contributed by atoms with E-state index in [-0.39, 0.29) is 12.2 Å². The zero-order chi connectivity index (χ0) is 14.5. The van der Waals surface area contributed by atoms with Crippen LogP contribution in [0.2, 0.25) is 0 Å². The molecule has 1 atom stereocenters. The molecule has 0 aromatic carbocycles. The van der Waals surface area contributed by atoms with Crippen LogP contribution in [0.25, 0.3) is 0 Å². The second-order valence-electron chi connectivity index (χ2n) is 6.33. The van der Waals surface area contributed by atoms with Crippen LogP contribution in [0, 0.1) is 0 Å². The second kappa shape index (κ2) is 7.10. The second-order valence-corrected chi connectivity index (χ2v) is 6.33. The molecule has 1 rings (SSSR count). The zero-order valence-electron chi connectivity index (χ0n) is 12.6. The number of likely N-dealkylation sites (tertiary alicyclic amines) is 1. The predicted molar refractivity (Wildman–Crippen MR) is 75.1 cm³/mol. The number of aliphatic hydroxyl groups is 1. The fourth-order valence-electron chi connectivity index (χ4n) is 2.09. The Morgan fingerprint density at radius 3 is 2.47 bits per heavy atom. The Hall–Kier alpha value is -0.810. The molecule has 0 aliphatic carbocycles. The third kappa shape index (κ3) is 6.78. The van der Waals surface area contributed by atoms with Gasteiger partial charge in [0.2, 0.25) is 0 Å². The molecule has 0 radical (unpaired) electrons. The van der Waals surface area contributed by atoms with E-state index >= 15 is 0 Å². The Kier molecular flexibility index (Phi) is 6.07. The molecular weight excluding hydrogens is 244 g/mol. The molecule has 5 heteroatoms. The van der Waals surface area contributed by atoms with Crippen LogP contribution in [-0.4, -0.2) is 53.5 Å². The molecule has 112 valence electrons. The van der Waals surface area contributed by atoms with E-state index in [9.17, 15) is 9.90 Å². The van der Waals surface area contributed by atoms with Gasteiger partial charge in [0.05, 0.1) is 6.10 Å². The molecule has 19 heavy (non-hydrogen) atoms. The van der Waals surface area contributed by atoms with E-state index < -0.39 is 5.60 Å². The van der Waals surface area contributed by atoms with E-state index in [1.165, 1.54) is 0 Å². The number of carbonyl (C=O) groups is 1. The Morgan fingerprint density at radius 1 is 1.42 bits per heavy atom. The van der Waals surface area contributed by atoms with Crippen LogP contribution in [0.3, 0.4) is 0 Å². The standard InChI is InChI=1S/C14H28N2O3/c1-11(17)5-8-15-12-6-9-16(10-7-12)13(18)19-14(2,3)4/h11-12,15,17H,5-10H2,1-4H3. The van der Waals surface area contributed by atoms with E-state index in [0.29, 0.717) is 6.04 Å². The third-order valence-electron chi connectivity index (χ3n) is 3.14. The summed E-state index contributed by atoms with van der Waals surface area (Å²) in [7, 11) is 0. The van der Waals surface area contributed by atoms with Crippen molar-refractivity contribution in [2.45, 2.75) is 64.7 Å². The molecule has 1 aliphatic heterocycles. The fourth-order valence-corrected chi connectivity index (χ4v) is 2.09. The van der Waals surface area contributed by atoms with Crippen molar-refractivity contribution in [3.05, 3.63) is 0 Å². The fraction of sp³-hybridized carbons (Fsp3) is 0.929. The predicted octanol–water partition coefficient (Wildman–Crippen LogP) is 1.75. The maximum Gasteiger partial charge on any atom is 0.410 e. The average Bonchev–Trinajstić information content (AvgIpc) is 2.27. The van der Waals surface area contributed by atoms with Gasteiger partial charge in [0.15, 0.2) is 0 Å². The molecule has 0 saturated carbocycles. The largest absolute Gasteiger partial charge is 0.444 e. The molecule has 5 nitrogen and oxygen atoms in total. The van der Waals surface area contributed by atoms with Gasteiger partial charge < -0.3 is 20.1 Å². The SMILES string of the molecule is CC(O)CCNC1CCN(C(=O)OC(C)(C)C)CC1. The third-order valence-corrected chi connectivity index (χ3v) is 3.14. The summed E-state index contributed by atoms with van der Waals surface area (Å²) in [5.74, 6) is 0. The first-order chi connectivity index (χ1) is 8.78. The van der Waals surface area contributed by atoms with Crippen molar-refractivity contribution in [3.8, 4) is 0 Å². The number of ether oxygens (including phenoxy) is 1. The average molecular weight is 272 g/mol. The van der Waals surface area contributed by atoms with E-state index in [1.54, 1.807) is 11.8 Å². The van der Waals surface area contributed by atoms with Crippen molar-refractivity contribution in [3.63, 3.8) is 0 Å². The molecule has 1 fully saturated rings. The highest BCUT2D eigenvalue weighted by molar-refractivity contribution is 5.68. The van der Waals surface area contributed by atoms with E-state index in [0.717, 1.165) is 38.9 Å². The molecule has 2 N–H and O–H groups in total. The summed E-state index contributed by atoms with van der Waals surface area (Å²) in [5, 5.41) is 12.6. The lowest BCUT2D eigenvalue weighted by molar-refractivity contribution is 0.0198. The number of hydrogen-bond donors (Lipinski definition) is 2. The minimum atomic E-state index is -0.427. The molecule has 0 aromatic heterocycles. The molecule has 1 amide bonds. The minimum Gasteiger partial charge on any atom is -0.444 e. The Balaban J connectivity index is 2.23. The summed E-state index contributed by atoms with van der Waals surface area (Å²) in [6, 6.07) is 0.442. The summed E-state index contributed by atoms with van der Waals surface area (Å²) < 4.78 is 5.36. The van der Waals surface area contributed by atoms with Crippen LogP contribution in [0.4, 0.5) is 4.79 Å². The smallest absolute Gasteiger partial charge is 0.410 e. The van der Waals surface area contributed by atoms with Crippen LogP contribution in [-0.2, 0) is 4.74 Å². The highest BCUT2D eigenvalue weighted by atomic mass is 16.6. The van der Waals surface area contributed by atoms with Gasteiger partial charge in [-0.3, -0.25) is 0 Å². The topological polar surface area (TPSA) is 61.8 Å². The van der Waals surface area contributed by atoms with E-state index in [2.05, 4.69) is 5.32 Å². The summed E-state index contributed by atoms with van der Waals surface area (Å²) in [4.78, 5) is 13.6. The molecule has 0 aromatic rings. The van der Waals surface area contributed by atoms with Crippen molar-refractivity contribution in [1.29, 1.82) is 0 Å². The lowest BCUT2D eigenvalue weighted by Gasteiger charge is -2.33. The first-order valence-corrected chi connectivity index (χ1v) is 7.17. The Morgan fingerprint density at radius 2 is 2.00 bits per heavy atom. The Labute approximate surface area is 116 Å². The van der Waals surface area contributed by atoms with Crippen molar-refractivity contribution in [2.24, 2.45) is 0 Å². The highest BCUT2D eigenvalue weighted by Gasteiger charge is 2.26. The van der Waals surface area contributed by atoms with Crippen LogP contribution in [0.5, 0.6) is 0 Å². The Bertz CT molecular complexity index is 279. The monoisotopic (exact) mass is 272 g/mol. The first-order valence-electron chi connectivity index (χ1n) is 7.17. The number of rotatable bonds is 4. The first kappa shape index (κ1) is 16.2. The highest BCUT2D eigenvalue weighted by Crippen LogP contribution is 2.15. The zero-order valence-corrected chi connectivity index (χ0v) is 12.6. The number of nitrogens with one attached hydrogen (secondary N) is 1. The molecule has 1 aliphatic rings. The van der Waals surface area contributed by atoms with Crippen molar-refractivity contribution >= 4 is 6.09 Å². The maximum atomic E-state index is 11.9. The van der Waals surface area contributed by atoms with Crippen LogP contribution < -0.4 is 5.32 Å². The van der Waals surface area contributed by atoms with Gasteiger partial charge in [-0.2, -0.15) is 0 Å². The summed E-state index contributed by atoms with van der Waals surface area (Å²) in [6.07, 6.45) is 2.19. The summed E-state index contributed by atoms with van der Waals surface area (Å²) >= 11 is 0. The van der Waals surface area contributed by atoms with Gasteiger partial charge >= 0.3 is 6.09 Å². The molecular formula is C14H28N2O3. The molecule has 0 spiro atoms. The van der Waals surface area contributed by atoms with Gasteiger partial charge in [0.25, 0.3) is 0 Å². The van der Waals surface area contributed by atoms with Gasteiger partial charge in [0.1, 0.15) is 5.60 Å². The van der Waals surface area contributed by atoms with Crippen LogP contribution >= 0.6 is 0 Å². The summed E-state index contributed by atoms with van der Waals surface area (Å²) in [6.45, 7) is 9.75. The number of hydrogen-bond acceptors (Lipinski definition) is 4. The van der Waals surface area contributed by atoms with Gasteiger partial charge in [-0.25, -0.2) is 4.79 Å². The van der Waals surface area contributed by atoms with Crippen molar-refractivity contribution in [1.82, 2.24) is 10.2 Å². The molecule has 1 saturated heterocycles. The lowest BCUT2D eigenvalue weighted by Crippen LogP contribution is -2.46. The number of carbonyl (C=O) groups excluding carboxylic acids is 1. The lowest BCUT2D eigenvalue weighted by atomic mass is 10.1. The molecule has 1 unspecified atom stereocenters. The normalized spacial score (nSPS) is 19.3. The van der Waals surface area contributed by atoms with Crippen LogP contribution in [0.15, 0.2) is 0 Å². The summed E-state index contributed by atoms with van der Waals surface area (Å²) in [5.41, 5.74) is -0.427. The number of aliphatic hydroxyl groups excluding tert-OH is 1. The van der Waals surface area contributed by atoms with Gasteiger partial charge in [-0.1, -0.05) is 0 Å². The maximum absolute atomic E-state index is 11.9. The number of piperidine rings is 1. The minimum absolute atomic E-state index is 0.213. The number of nitrogens with zero attached hydrogens (tertiary/aromatic N) is 1. The van der Waals surface area contributed by atoms with Crippen molar-refractivity contribution < 1.29 is 14.6 Å². The van der Waals surface area contributed by atoms with Gasteiger partial charge in [0, 0.05) is 19.1 Å². The molecule has 1 heterocycles. The number of amides is 1. The van der Waals surface area contributed by atoms with E-state index in [4.69, 9.17) is 4.74 Å². The molecule has 0 bridgehead atoms. The van der Waals surface area contributed by atoms with Crippen LogP contribution in [0.1, 0.15) is 47.0 Å².